The van der Waals surface area contributed by atoms with Gasteiger partial charge in [0, 0.05) is 20.6 Å². The Hall–Kier alpha value is -0.350. The molecule has 0 bridgehead atoms. The van der Waals surface area contributed by atoms with E-state index in [9.17, 15) is 4.79 Å². The number of carbonyl (C=O) groups is 1. The van der Waals surface area contributed by atoms with Gasteiger partial charge in [-0.05, 0) is 36.5 Å². The predicted molar refractivity (Wildman–Crippen MR) is 85.3 cm³/mol. The molecule has 1 aliphatic rings. The summed E-state index contributed by atoms with van der Waals surface area (Å²) in [6.07, 6.45) is 4.73. The minimum atomic E-state index is 0.0157. The van der Waals surface area contributed by atoms with Crippen LogP contribution in [0.5, 0.6) is 0 Å². The molecule has 1 aromatic rings. The van der Waals surface area contributed by atoms with E-state index in [2.05, 4.69) is 51.0 Å². The molecule has 1 aromatic carbocycles. The average molecular weight is 389 g/mol. The number of hydrogen-bond donors (Lipinski definition) is 1. The van der Waals surface area contributed by atoms with E-state index in [0.29, 0.717) is 5.56 Å². The molecule has 0 saturated heterocycles. The molecule has 104 valence electrons. The lowest BCUT2D eigenvalue weighted by molar-refractivity contribution is 0.0853. The fourth-order valence-corrected chi connectivity index (χ4v) is 3.98. The van der Waals surface area contributed by atoms with Gasteiger partial charge < -0.3 is 5.32 Å². The average Bonchev–Trinajstić information content (AvgIpc) is 2.30. The molecule has 2 nitrogen and oxygen atoms in total. The summed E-state index contributed by atoms with van der Waals surface area (Å²) >= 11 is 6.84. The van der Waals surface area contributed by atoms with Crippen LogP contribution < -0.4 is 5.32 Å². The quantitative estimate of drug-likeness (QED) is 0.766. The van der Waals surface area contributed by atoms with Crippen LogP contribution in [0.2, 0.25) is 0 Å². The Bertz CT molecular complexity index is 465. The molecule has 0 aliphatic heterocycles. The lowest BCUT2D eigenvalue weighted by atomic mass is 9.73. The van der Waals surface area contributed by atoms with E-state index < -0.39 is 0 Å². The zero-order valence-corrected chi connectivity index (χ0v) is 14.5. The lowest BCUT2D eigenvalue weighted by Crippen LogP contribution is -2.46. The summed E-state index contributed by atoms with van der Waals surface area (Å²) in [6.45, 7) is 4.49. The topological polar surface area (TPSA) is 29.1 Å². The SMILES string of the molecule is CC1(C)CCCCC1NC(=O)c1cc(Br)cc(Br)c1. The van der Waals surface area contributed by atoms with Gasteiger partial charge in [-0.15, -0.1) is 0 Å². The highest BCUT2D eigenvalue weighted by molar-refractivity contribution is 9.11. The van der Waals surface area contributed by atoms with Crippen molar-refractivity contribution < 1.29 is 4.79 Å². The molecule has 1 amide bonds. The third-order valence-corrected chi connectivity index (χ3v) is 4.85. The fourth-order valence-electron chi connectivity index (χ4n) is 2.69. The molecular weight excluding hydrogens is 370 g/mol. The van der Waals surface area contributed by atoms with Crippen LogP contribution in [0.3, 0.4) is 0 Å². The second-order valence-corrected chi connectivity index (χ2v) is 7.75. The van der Waals surface area contributed by atoms with E-state index in [-0.39, 0.29) is 17.4 Å². The van der Waals surface area contributed by atoms with E-state index in [0.717, 1.165) is 15.4 Å². The third-order valence-electron chi connectivity index (χ3n) is 3.94. The van der Waals surface area contributed by atoms with Gasteiger partial charge >= 0.3 is 0 Å². The smallest absolute Gasteiger partial charge is 0.251 e. The highest BCUT2D eigenvalue weighted by atomic mass is 79.9. The number of nitrogens with one attached hydrogen (secondary N) is 1. The molecule has 1 atom stereocenters. The molecular formula is C15H19Br2NO. The van der Waals surface area contributed by atoms with E-state index >= 15 is 0 Å². The first-order chi connectivity index (χ1) is 8.88. The normalized spacial score (nSPS) is 22.0. The van der Waals surface area contributed by atoms with E-state index in [1.54, 1.807) is 0 Å². The minimum Gasteiger partial charge on any atom is -0.349 e. The summed E-state index contributed by atoms with van der Waals surface area (Å²) in [5.41, 5.74) is 0.888. The molecule has 0 aromatic heterocycles. The van der Waals surface area contributed by atoms with Crippen LogP contribution in [0, 0.1) is 5.41 Å². The molecule has 4 heteroatoms. The largest absolute Gasteiger partial charge is 0.349 e. The number of carbonyl (C=O) groups excluding carboxylic acids is 1. The van der Waals surface area contributed by atoms with Crippen molar-refractivity contribution >= 4 is 37.8 Å². The summed E-state index contributed by atoms with van der Waals surface area (Å²) in [7, 11) is 0. The van der Waals surface area contributed by atoms with Crippen molar-refractivity contribution in [3.63, 3.8) is 0 Å². The highest BCUT2D eigenvalue weighted by Gasteiger charge is 2.33. The molecule has 1 fully saturated rings. The molecule has 19 heavy (non-hydrogen) atoms. The first-order valence-corrected chi connectivity index (χ1v) is 8.24. The standard InChI is InChI=1S/C15H19Br2NO/c1-15(2)6-4-3-5-13(15)18-14(19)10-7-11(16)9-12(17)8-10/h7-9,13H,3-6H2,1-2H3,(H,18,19). The number of halogens is 2. The summed E-state index contributed by atoms with van der Waals surface area (Å²) in [5, 5.41) is 3.20. The van der Waals surface area contributed by atoms with Gasteiger partial charge in [0.25, 0.3) is 5.91 Å². The van der Waals surface area contributed by atoms with Crippen LogP contribution in [0.15, 0.2) is 27.1 Å². The van der Waals surface area contributed by atoms with Crippen molar-refractivity contribution in [3.8, 4) is 0 Å². The first-order valence-electron chi connectivity index (χ1n) is 6.65. The Morgan fingerprint density at radius 1 is 1.21 bits per heavy atom. The molecule has 2 rings (SSSR count). The van der Waals surface area contributed by atoms with Gasteiger partial charge in [0.05, 0.1) is 0 Å². The van der Waals surface area contributed by atoms with Crippen LogP contribution >= 0.6 is 31.9 Å². The highest BCUT2D eigenvalue weighted by Crippen LogP contribution is 2.35. The Morgan fingerprint density at radius 3 is 2.42 bits per heavy atom. The number of hydrogen-bond acceptors (Lipinski definition) is 1. The summed E-state index contributed by atoms with van der Waals surface area (Å²) in [5.74, 6) is 0.0157. The molecule has 1 unspecified atom stereocenters. The minimum absolute atomic E-state index is 0.0157. The molecule has 0 spiro atoms. The maximum Gasteiger partial charge on any atom is 0.251 e. The van der Waals surface area contributed by atoms with Crippen LogP contribution in [-0.4, -0.2) is 11.9 Å². The molecule has 1 saturated carbocycles. The molecule has 1 N–H and O–H groups in total. The first kappa shape index (κ1) is 15.0. The maximum absolute atomic E-state index is 12.4. The van der Waals surface area contributed by atoms with E-state index in [4.69, 9.17) is 0 Å². The second-order valence-electron chi connectivity index (χ2n) is 5.92. The summed E-state index contributed by atoms with van der Waals surface area (Å²) in [6, 6.07) is 5.92. The van der Waals surface area contributed by atoms with Crippen LogP contribution in [0.4, 0.5) is 0 Å². The summed E-state index contributed by atoms with van der Waals surface area (Å²) in [4.78, 5) is 12.4. The van der Waals surface area contributed by atoms with Crippen molar-refractivity contribution in [3.05, 3.63) is 32.7 Å². The van der Waals surface area contributed by atoms with Gasteiger partial charge in [0.15, 0.2) is 0 Å². The monoisotopic (exact) mass is 387 g/mol. The van der Waals surface area contributed by atoms with Crippen molar-refractivity contribution in [2.75, 3.05) is 0 Å². The van der Waals surface area contributed by atoms with Gasteiger partial charge in [-0.25, -0.2) is 0 Å². The van der Waals surface area contributed by atoms with Gasteiger partial charge in [-0.3, -0.25) is 4.79 Å². The van der Waals surface area contributed by atoms with Gasteiger partial charge in [-0.2, -0.15) is 0 Å². The molecule has 1 aliphatic carbocycles. The Balaban J connectivity index is 2.12. The Labute approximate surface area is 131 Å². The predicted octanol–water partition coefficient (Wildman–Crippen LogP) is 4.91. The van der Waals surface area contributed by atoms with E-state index in [1.807, 2.05) is 18.2 Å². The van der Waals surface area contributed by atoms with Crippen molar-refractivity contribution in [2.45, 2.75) is 45.6 Å². The molecule has 0 radical (unpaired) electrons. The van der Waals surface area contributed by atoms with Crippen LogP contribution in [-0.2, 0) is 0 Å². The Kier molecular flexibility index (Phi) is 4.72. The van der Waals surface area contributed by atoms with Crippen molar-refractivity contribution in [1.29, 1.82) is 0 Å². The third kappa shape index (κ3) is 3.82. The van der Waals surface area contributed by atoms with Crippen molar-refractivity contribution in [2.24, 2.45) is 5.41 Å². The number of amides is 1. The van der Waals surface area contributed by atoms with Gasteiger partial charge in [-0.1, -0.05) is 58.5 Å². The zero-order valence-electron chi connectivity index (χ0n) is 11.3. The Morgan fingerprint density at radius 2 is 1.84 bits per heavy atom. The number of rotatable bonds is 2. The van der Waals surface area contributed by atoms with Crippen molar-refractivity contribution in [1.82, 2.24) is 5.32 Å². The fraction of sp³-hybridized carbons (Fsp3) is 0.533. The number of benzene rings is 1. The maximum atomic E-state index is 12.4. The van der Waals surface area contributed by atoms with Crippen LogP contribution in [0.25, 0.3) is 0 Å². The second kappa shape index (κ2) is 5.96. The lowest BCUT2D eigenvalue weighted by Gasteiger charge is -2.39. The van der Waals surface area contributed by atoms with Gasteiger partial charge in [0.2, 0.25) is 0 Å². The van der Waals surface area contributed by atoms with Crippen LogP contribution in [0.1, 0.15) is 49.9 Å². The zero-order chi connectivity index (χ0) is 14.0. The van der Waals surface area contributed by atoms with Gasteiger partial charge in [0.1, 0.15) is 0 Å². The van der Waals surface area contributed by atoms with E-state index in [1.165, 1.54) is 19.3 Å². The molecule has 0 heterocycles. The summed E-state index contributed by atoms with van der Waals surface area (Å²) < 4.78 is 1.82.